The number of carbonyl (C=O) groups is 1. The Morgan fingerprint density at radius 2 is 1.88 bits per heavy atom. The SMILES string of the molecule is CCCCNC(=O)C1N[C@H](C)[C@H](O)[C@@H](O)[C@H]1O. The predicted octanol–water partition coefficient (Wildman–Crippen LogP) is -1.65. The minimum absolute atomic E-state index is 0.344. The lowest BCUT2D eigenvalue weighted by Gasteiger charge is -2.39. The second-order valence-electron chi connectivity index (χ2n) is 4.55. The van der Waals surface area contributed by atoms with E-state index in [2.05, 4.69) is 10.6 Å². The fraction of sp³-hybridized carbons (Fsp3) is 0.909. The molecule has 0 saturated carbocycles. The molecule has 1 saturated heterocycles. The molecule has 0 aromatic rings. The fourth-order valence-electron chi connectivity index (χ4n) is 1.90. The Hall–Kier alpha value is -0.690. The van der Waals surface area contributed by atoms with E-state index in [0.717, 1.165) is 12.8 Å². The maximum Gasteiger partial charge on any atom is 0.239 e. The van der Waals surface area contributed by atoms with Gasteiger partial charge >= 0.3 is 0 Å². The molecule has 100 valence electrons. The molecule has 6 heteroatoms. The van der Waals surface area contributed by atoms with E-state index in [1.54, 1.807) is 6.92 Å². The van der Waals surface area contributed by atoms with Crippen LogP contribution in [0.2, 0.25) is 0 Å². The molecule has 0 aliphatic carbocycles. The number of amides is 1. The number of carbonyl (C=O) groups excluding carboxylic acids is 1. The van der Waals surface area contributed by atoms with Gasteiger partial charge in [-0.3, -0.25) is 10.1 Å². The van der Waals surface area contributed by atoms with E-state index in [0.29, 0.717) is 6.54 Å². The Kier molecular flexibility index (Phi) is 5.32. The summed E-state index contributed by atoms with van der Waals surface area (Å²) in [6, 6.07) is -1.31. The smallest absolute Gasteiger partial charge is 0.239 e. The number of piperidine rings is 1. The van der Waals surface area contributed by atoms with Gasteiger partial charge in [-0.05, 0) is 13.3 Å². The van der Waals surface area contributed by atoms with Gasteiger partial charge in [0.15, 0.2) is 0 Å². The molecule has 1 fully saturated rings. The van der Waals surface area contributed by atoms with Gasteiger partial charge < -0.3 is 20.6 Å². The van der Waals surface area contributed by atoms with Crippen LogP contribution in [0.4, 0.5) is 0 Å². The Balaban J connectivity index is 2.54. The lowest BCUT2D eigenvalue weighted by Crippen LogP contribution is -2.67. The van der Waals surface area contributed by atoms with Crippen molar-refractivity contribution in [3.63, 3.8) is 0 Å². The standard InChI is InChI=1S/C11H22N2O4/c1-3-4-5-12-11(17)7-9(15)10(16)8(14)6(2)13-7/h6-10,13-16H,3-5H2,1-2H3,(H,12,17)/t6-,7?,8+,9+,10-/m1/s1. The van der Waals surface area contributed by atoms with Gasteiger partial charge in [-0.25, -0.2) is 0 Å². The van der Waals surface area contributed by atoms with Crippen molar-refractivity contribution in [2.24, 2.45) is 0 Å². The third-order valence-electron chi connectivity index (χ3n) is 3.11. The summed E-state index contributed by atoms with van der Waals surface area (Å²) in [5.74, 6) is -0.344. The zero-order valence-corrected chi connectivity index (χ0v) is 10.3. The van der Waals surface area contributed by atoms with Crippen LogP contribution in [-0.2, 0) is 4.79 Å². The van der Waals surface area contributed by atoms with Gasteiger partial charge in [0.2, 0.25) is 5.91 Å². The first-order valence-electron chi connectivity index (χ1n) is 6.07. The van der Waals surface area contributed by atoms with Crippen LogP contribution in [0.3, 0.4) is 0 Å². The minimum atomic E-state index is -1.30. The summed E-state index contributed by atoms with van der Waals surface area (Å²) < 4.78 is 0. The van der Waals surface area contributed by atoms with Crippen molar-refractivity contribution >= 4 is 5.91 Å². The lowest BCUT2D eigenvalue weighted by atomic mass is 9.90. The quantitative estimate of drug-likeness (QED) is 0.382. The number of rotatable bonds is 4. The summed E-state index contributed by atoms with van der Waals surface area (Å²) in [6.07, 6.45) is -1.81. The van der Waals surface area contributed by atoms with Crippen molar-refractivity contribution in [2.75, 3.05) is 6.54 Å². The summed E-state index contributed by atoms with van der Waals surface area (Å²) >= 11 is 0. The van der Waals surface area contributed by atoms with E-state index >= 15 is 0 Å². The third kappa shape index (κ3) is 3.38. The number of nitrogens with one attached hydrogen (secondary N) is 2. The molecule has 1 rings (SSSR count). The lowest BCUT2D eigenvalue weighted by molar-refractivity contribution is -0.142. The molecule has 0 aromatic heterocycles. The molecular weight excluding hydrogens is 224 g/mol. The maximum absolute atomic E-state index is 11.8. The number of aliphatic hydroxyl groups excluding tert-OH is 3. The summed E-state index contributed by atoms with van der Waals surface area (Å²) in [5.41, 5.74) is 0. The second-order valence-corrected chi connectivity index (χ2v) is 4.55. The summed E-state index contributed by atoms with van der Waals surface area (Å²) in [6.45, 7) is 4.22. The van der Waals surface area contributed by atoms with E-state index in [4.69, 9.17) is 0 Å². The van der Waals surface area contributed by atoms with E-state index < -0.39 is 30.4 Å². The van der Waals surface area contributed by atoms with Crippen LogP contribution in [0.15, 0.2) is 0 Å². The summed E-state index contributed by atoms with van der Waals surface area (Å²) in [7, 11) is 0. The average Bonchev–Trinajstić information content (AvgIpc) is 2.31. The minimum Gasteiger partial charge on any atom is -0.389 e. The van der Waals surface area contributed by atoms with Crippen LogP contribution in [0.25, 0.3) is 0 Å². The van der Waals surface area contributed by atoms with Crippen LogP contribution in [-0.4, -0.2) is 58.2 Å². The Labute approximate surface area is 101 Å². The summed E-state index contributed by atoms with van der Waals surface area (Å²) in [5, 5.41) is 34.3. The van der Waals surface area contributed by atoms with Gasteiger partial charge in [0, 0.05) is 12.6 Å². The zero-order chi connectivity index (χ0) is 13.0. The van der Waals surface area contributed by atoms with Crippen molar-refractivity contribution in [3.05, 3.63) is 0 Å². The summed E-state index contributed by atoms with van der Waals surface area (Å²) in [4.78, 5) is 11.8. The van der Waals surface area contributed by atoms with E-state index in [1.165, 1.54) is 0 Å². The molecule has 0 bridgehead atoms. The number of hydrogen-bond donors (Lipinski definition) is 5. The van der Waals surface area contributed by atoms with Crippen LogP contribution in [0, 0.1) is 0 Å². The van der Waals surface area contributed by atoms with Gasteiger partial charge in [0.25, 0.3) is 0 Å². The first-order valence-corrected chi connectivity index (χ1v) is 6.07. The van der Waals surface area contributed by atoms with Crippen molar-refractivity contribution in [1.82, 2.24) is 10.6 Å². The molecule has 6 nitrogen and oxygen atoms in total. The first kappa shape index (κ1) is 14.4. The van der Waals surface area contributed by atoms with E-state index in [-0.39, 0.29) is 5.91 Å². The molecule has 1 heterocycles. The maximum atomic E-state index is 11.8. The normalized spacial score (nSPS) is 37.8. The number of hydrogen-bond acceptors (Lipinski definition) is 5. The third-order valence-corrected chi connectivity index (χ3v) is 3.11. The van der Waals surface area contributed by atoms with Crippen molar-refractivity contribution in [2.45, 2.75) is 57.1 Å². The molecule has 1 aliphatic heterocycles. The van der Waals surface area contributed by atoms with Gasteiger partial charge in [-0.1, -0.05) is 13.3 Å². The molecule has 17 heavy (non-hydrogen) atoms. The molecule has 1 unspecified atom stereocenters. The van der Waals surface area contributed by atoms with Crippen molar-refractivity contribution in [3.8, 4) is 0 Å². The van der Waals surface area contributed by atoms with Gasteiger partial charge in [-0.15, -0.1) is 0 Å². The average molecular weight is 246 g/mol. The highest BCUT2D eigenvalue weighted by Crippen LogP contribution is 2.15. The van der Waals surface area contributed by atoms with Crippen LogP contribution < -0.4 is 10.6 Å². The molecular formula is C11H22N2O4. The molecule has 1 amide bonds. The molecule has 0 aromatic carbocycles. The molecule has 1 aliphatic rings. The zero-order valence-electron chi connectivity index (χ0n) is 10.3. The van der Waals surface area contributed by atoms with Crippen LogP contribution in [0.5, 0.6) is 0 Å². The van der Waals surface area contributed by atoms with Gasteiger partial charge in [0.1, 0.15) is 18.2 Å². The van der Waals surface area contributed by atoms with Gasteiger partial charge in [-0.2, -0.15) is 0 Å². The molecule has 0 radical (unpaired) electrons. The predicted molar refractivity (Wildman–Crippen MR) is 62.3 cm³/mol. The largest absolute Gasteiger partial charge is 0.389 e. The van der Waals surface area contributed by atoms with Gasteiger partial charge in [0.05, 0.1) is 6.10 Å². The Bertz CT molecular complexity index is 262. The Morgan fingerprint density at radius 1 is 1.24 bits per heavy atom. The number of unbranched alkanes of at least 4 members (excludes halogenated alkanes) is 1. The highest BCUT2D eigenvalue weighted by Gasteiger charge is 2.43. The molecule has 5 atom stereocenters. The van der Waals surface area contributed by atoms with Crippen LogP contribution in [0.1, 0.15) is 26.7 Å². The van der Waals surface area contributed by atoms with Crippen LogP contribution >= 0.6 is 0 Å². The van der Waals surface area contributed by atoms with E-state index in [9.17, 15) is 20.1 Å². The monoisotopic (exact) mass is 246 g/mol. The topological polar surface area (TPSA) is 102 Å². The van der Waals surface area contributed by atoms with E-state index in [1.807, 2.05) is 6.92 Å². The first-order chi connectivity index (χ1) is 7.99. The van der Waals surface area contributed by atoms with Crippen molar-refractivity contribution in [1.29, 1.82) is 0 Å². The fourth-order valence-corrected chi connectivity index (χ4v) is 1.90. The highest BCUT2D eigenvalue weighted by molar-refractivity contribution is 5.82. The van der Waals surface area contributed by atoms with Crippen molar-refractivity contribution < 1.29 is 20.1 Å². The second kappa shape index (κ2) is 6.30. The highest BCUT2D eigenvalue weighted by atomic mass is 16.4. The number of aliphatic hydroxyl groups is 3. The Morgan fingerprint density at radius 3 is 2.47 bits per heavy atom. The molecule has 5 N–H and O–H groups in total. The molecule has 0 spiro atoms.